The maximum absolute atomic E-state index is 5.71. The molecule has 1 aliphatic heterocycles. The first-order valence-corrected chi connectivity index (χ1v) is 6.35. The molecular weight excluding hydrogens is 230 g/mol. The van der Waals surface area contributed by atoms with Gasteiger partial charge in [0.25, 0.3) is 0 Å². The van der Waals surface area contributed by atoms with Crippen LogP contribution in [0, 0.1) is 0 Å². The van der Waals surface area contributed by atoms with Crippen LogP contribution in [0.2, 0.25) is 0 Å². The van der Waals surface area contributed by atoms with E-state index in [9.17, 15) is 0 Å². The van der Waals surface area contributed by atoms with Gasteiger partial charge < -0.3 is 5.32 Å². The summed E-state index contributed by atoms with van der Waals surface area (Å²) in [7, 11) is 0. The fourth-order valence-electron chi connectivity index (χ4n) is 1.87. The van der Waals surface area contributed by atoms with E-state index in [4.69, 9.17) is 5.73 Å². The lowest BCUT2D eigenvalue weighted by Gasteiger charge is -2.07. The summed E-state index contributed by atoms with van der Waals surface area (Å²) in [4.78, 5) is 5.68. The van der Waals surface area contributed by atoms with Gasteiger partial charge in [0.2, 0.25) is 0 Å². The van der Waals surface area contributed by atoms with E-state index < -0.39 is 0 Å². The Hall–Kier alpha value is -1.65. The first-order valence-electron chi connectivity index (χ1n) is 5.53. The summed E-state index contributed by atoms with van der Waals surface area (Å²) in [6, 6.07) is 12.6. The van der Waals surface area contributed by atoms with Crippen molar-refractivity contribution >= 4 is 17.5 Å². The Morgan fingerprint density at radius 1 is 1.29 bits per heavy atom. The molecule has 17 heavy (non-hydrogen) atoms. The van der Waals surface area contributed by atoms with E-state index in [1.54, 1.807) is 11.3 Å². The van der Waals surface area contributed by atoms with Gasteiger partial charge in [0.05, 0.1) is 0 Å². The lowest BCUT2D eigenvalue weighted by Crippen LogP contribution is -2.41. The molecule has 1 unspecified atom stereocenters. The second-order valence-corrected chi connectivity index (χ2v) is 5.14. The first kappa shape index (κ1) is 10.5. The van der Waals surface area contributed by atoms with Gasteiger partial charge in [0.15, 0.2) is 6.29 Å². The van der Waals surface area contributed by atoms with E-state index in [0.29, 0.717) is 0 Å². The highest BCUT2D eigenvalue weighted by molar-refractivity contribution is 7.09. The van der Waals surface area contributed by atoms with Crippen LogP contribution < -0.4 is 20.9 Å². The lowest BCUT2D eigenvalue weighted by molar-refractivity contribution is 0.639. The second-order valence-electron chi connectivity index (χ2n) is 4.02. The second kappa shape index (κ2) is 4.31. The normalized spacial score (nSPS) is 17.6. The van der Waals surface area contributed by atoms with Crippen molar-refractivity contribution < 1.29 is 0 Å². The Balaban J connectivity index is 1.94. The van der Waals surface area contributed by atoms with Gasteiger partial charge in [-0.3, -0.25) is 5.73 Å². The van der Waals surface area contributed by atoms with Crippen molar-refractivity contribution in [3.05, 3.63) is 56.7 Å². The minimum atomic E-state index is -0.300. The highest BCUT2D eigenvalue weighted by Crippen LogP contribution is 2.10. The Morgan fingerprint density at radius 2 is 2.12 bits per heavy atom. The molecule has 0 spiro atoms. The lowest BCUT2D eigenvalue weighted by atomic mass is 10.1. The summed E-state index contributed by atoms with van der Waals surface area (Å²) >= 11 is 1.72. The molecule has 0 fully saturated rings. The molecule has 0 aliphatic carbocycles. The van der Waals surface area contributed by atoms with Crippen molar-refractivity contribution in [2.45, 2.75) is 12.7 Å². The topological polar surface area (TPSA) is 50.4 Å². The van der Waals surface area contributed by atoms with Crippen LogP contribution in [0.5, 0.6) is 0 Å². The van der Waals surface area contributed by atoms with Gasteiger partial charge in [-0.15, -0.1) is 11.3 Å². The number of nitrogens with one attached hydrogen (secondary N) is 1. The van der Waals surface area contributed by atoms with Crippen LogP contribution in [-0.4, -0.2) is 6.29 Å². The third kappa shape index (κ3) is 2.23. The number of nitrogens with two attached hydrogens (primary N) is 1. The average molecular weight is 243 g/mol. The van der Waals surface area contributed by atoms with Crippen molar-refractivity contribution in [1.82, 2.24) is 5.32 Å². The van der Waals surface area contributed by atoms with Gasteiger partial charge >= 0.3 is 0 Å². The summed E-state index contributed by atoms with van der Waals surface area (Å²) < 4.78 is 1.03. The van der Waals surface area contributed by atoms with Gasteiger partial charge in [-0.2, -0.15) is 0 Å². The maximum atomic E-state index is 5.71. The van der Waals surface area contributed by atoms with Crippen LogP contribution in [0.3, 0.4) is 0 Å². The van der Waals surface area contributed by atoms with E-state index in [-0.39, 0.29) is 6.29 Å². The molecule has 3 N–H and O–H groups in total. The zero-order valence-electron chi connectivity index (χ0n) is 9.26. The van der Waals surface area contributed by atoms with Crippen molar-refractivity contribution in [2.75, 3.05) is 0 Å². The number of nitrogens with zero attached hydrogens (tertiary/aromatic N) is 1. The van der Waals surface area contributed by atoms with Gasteiger partial charge in [-0.05, 0) is 11.6 Å². The predicted octanol–water partition coefficient (Wildman–Crippen LogP) is 0.542. The molecular formula is C13H13N3S. The third-order valence-electron chi connectivity index (χ3n) is 2.68. The Bertz CT molecular complexity index is 630. The van der Waals surface area contributed by atoms with Crippen LogP contribution in [0.25, 0.3) is 6.20 Å². The van der Waals surface area contributed by atoms with Gasteiger partial charge in [-0.25, -0.2) is 4.99 Å². The molecule has 0 bridgehead atoms. The minimum absolute atomic E-state index is 0.300. The molecule has 1 aliphatic rings. The summed E-state index contributed by atoms with van der Waals surface area (Å²) in [5.74, 6) is 0. The number of hydrogen-bond donors (Lipinski definition) is 2. The number of thiophene rings is 1. The molecule has 0 saturated heterocycles. The van der Waals surface area contributed by atoms with Crippen molar-refractivity contribution in [3.8, 4) is 0 Å². The molecule has 2 heterocycles. The molecule has 0 saturated carbocycles. The van der Waals surface area contributed by atoms with Crippen LogP contribution in [-0.2, 0) is 6.42 Å². The van der Waals surface area contributed by atoms with E-state index in [1.165, 1.54) is 10.4 Å². The smallest absolute Gasteiger partial charge is 0.172 e. The summed E-state index contributed by atoms with van der Waals surface area (Å²) in [5, 5.41) is 4.15. The molecule has 0 radical (unpaired) electrons. The molecule has 0 amide bonds. The standard InChI is InChI=1S/C13H13N3S/c14-13-15-8-10-7-11(17-12(10)16-13)6-9-4-2-1-3-5-9/h1-5,7-8,13,15H,6,14H2. The Morgan fingerprint density at radius 3 is 2.94 bits per heavy atom. The zero-order valence-corrected chi connectivity index (χ0v) is 10.1. The highest BCUT2D eigenvalue weighted by atomic mass is 32.1. The van der Waals surface area contributed by atoms with Crippen molar-refractivity contribution in [3.63, 3.8) is 0 Å². The van der Waals surface area contributed by atoms with E-state index in [0.717, 1.165) is 16.3 Å². The largest absolute Gasteiger partial charge is 0.357 e. The summed E-state index contributed by atoms with van der Waals surface area (Å²) in [6.07, 6.45) is 2.60. The Labute approximate surface area is 103 Å². The molecule has 1 atom stereocenters. The molecule has 86 valence electrons. The highest BCUT2D eigenvalue weighted by Gasteiger charge is 2.06. The third-order valence-corrected chi connectivity index (χ3v) is 3.74. The maximum Gasteiger partial charge on any atom is 0.172 e. The van der Waals surface area contributed by atoms with Crippen molar-refractivity contribution in [2.24, 2.45) is 10.7 Å². The van der Waals surface area contributed by atoms with E-state index >= 15 is 0 Å². The molecule has 3 rings (SSSR count). The monoisotopic (exact) mass is 243 g/mol. The summed E-state index contributed by atoms with van der Waals surface area (Å²) in [5.41, 5.74) is 7.03. The van der Waals surface area contributed by atoms with Crippen molar-refractivity contribution in [1.29, 1.82) is 0 Å². The molecule has 1 aromatic carbocycles. The SMILES string of the molecule is NC1N=c2sc(Cc3ccccc3)cc2=CN1. The van der Waals surface area contributed by atoms with Gasteiger partial charge in [-0.1, -0.05) is 30.3 Å². The van der Waals surface area contributed by atoms with E-state index in [2.05, 4.69) is 40.6 Å². The fourth-order valence-corrected chi connectivity index (χ4v) is 2.95. The van der Waals surface area contributed by atoms with Crippen LogP contribution >= 0.6 is 11.3 Å². The minimum Gasteiger partial charge on any atom is -0.357 e. The zero-order chi connectivity index (χ0) is 11.7. The molecule has 2 aromatic rings. The summed E-state index contributed by atoms with van der Waals surface area (Å²) in [6.45, 7) is 0. The van der Waals surface area contributed by atoms with Crippen LogP contribution in [0.4, 0.5) is 0 Å². The Kier molecular flexibility index (Phi) is 2.66. The number of rotatable bonds is 2. The van der Waals surface area contributed by atoms with E-state index in [1.807, 2.05) is 12.3 Å². The van der Waals surface area contributed by atoms with Crippen LogP contribution in [0.15, 0.2) is 41.4 Å². The average Bonchev–Trinajstić information content (AvgIpc) is 2.71. The number of benzene rings is 1. The number of hydrogen-bond acceptors (Lipinski definition) is 4. The molecule has 3 nitrogen and oxygen atoms in total. The van der Waals surface area contributed by atoms with Crippen LogP contribution in [0.1, 0.15) is 10.4 Å². The molecule has 4 heteroatoms. The van der Waals surface area contributed by atoms with Gasteiger partial charge in [0, 0.05) is 22.7 Å². The fraction of sp³-hybridized carbons (Fsp3) is 0.154. The number of fused-ring (bicyclic) bond motifs is 1. The quantitative estimate of drug-likeness (QED) is 0.809. The predicted molar refractivity (Wildman–Crippen MR) is 69.9 cm³/mol. The first-order chi connectivity index (χ1) is 8.31. The molecule has 1 aromatic heterocycles. The van der Waals surface area contributed by atoms with Gasteiger partial charge in [0.1, 0.15) is 4.67 Å².